The van der Waals surface area contributed by atoms with Crippen molar-refractivity contribution in [3.8, 4) is 28.4 Å². The SMILES string of the molecule is C=CC(=O)N1CCN(Cc2ccc(-c3nc4c(nc3-c3ccccc3)N(C)C(=O)CO4)cc2)CC1. The molecule has 0 N–H and O–H groups in total. The van der Waals surface area contributed by atoms with E-state index >= 15 is 0 Å². The van der Waals surface area contributed by atoms with Crippen molar-refractivity contribution in [2.24, 2.45) is 0 Å². The Morgan fingerprint density at radius 1 is 0.971 bits per heavy atom. The van der Waals surface area contributed by atoms with Crippen LogP contribution in [0.2, 0.25) is 0 Å². The summed E-state index contributed by atoms with van der Waals surface area (Å²) in [5.74, 6) is 0.624. The minimum absolute atomic E-state index is 0.00563. The van der Waals surface area contributed by atoms with Crippen molar-refractivity contribution in [3.05, 3.63) is 72.8 Å². The Labute approximate surface area is 204 Å². The zero-order valence-corrected chi connectivity index (χ0v) is 19.7. The number of rotatable bonds is 5. The van der Waals surface area contributed by atoms with Crippen LogP contribution in [-0.4, -0.2) is 71.4 Å². The Hall–Kier alpha value is -4.04. The summed E-state index contributed by atoms with van der Waals surface area (Å²) in [7, 11) is 1.69. The van der Waals surface area contributed by atoms with E-state index in [0.29, 0.717) is 36.2 Å². The van der Waals surface area contributed by atoms with Crippen LogP contribution in [0.25, 0.3) is 22.5 Å². The molecule has 2 amide bonds. The van der Waals surface area contributed by atoms with Crippen molar-refractivity contribution in [3.63, 3.8) is 0 Å². The molecular weight excluding hydrogens is 442 g/mol. The number of nitrogens with zero attached hydrogens (tertiary/aromatic N) is 5. The molecule has 0 atom stereocenters. The summed E-state index contributed by atoms with van der Waals surface area (Å²) in [6, 6.07) is 18.1. The molecule has 0 aliphatic carbocycles. The Balaban J connectivity index is 1.40. The van der Waals surface area contributed by atoms with Crippen LogP contribution in [0.1, 0.15) is 5.56 Å². The van der Waals surface area contributed by atoms with E-state index in [0.717, 1.165) is 30.8 Å². The molecule has 1 aromatic heterocycles. The maximum Gasteiger partial charge on any atom is 0.266 e. The highest BCUT2D eigenvalue weighted by atomic mass is 16.5. The Kier molecular flexibility index (Phi) is 6.29. The summed E-state index contributed by atoms with van der Waals surface area (Å²) in [5, 5.41) is 0. The minimum atomic E-state index is -0.155. The molecule has 1 fully saturated rings. The molecule has 3 heterocycles. The molecule has 2 aromatic carbocycles. The fourth-order valence-corrected chi connectivity index (χ4v) is 4.35. The maximum absolute atomic E-state index is 12.1. The van der Waals surface area contributed by atoms with Crippen molar-refractivity contribution < 1.29 is 14.3 Å². The van der Waals surface area contributed by atoms with E-state index < -0.39 is 0 Å². The number of anilines is 1. The summed E-state index contributed by atoms with van der Waals surface area (Å²) < 4.78 is 5.61. The van der Waals surface area contributed by atoms with Crippen LogP contribution in [0.3, 0.4) is 0 Å². The van der Waals surface area contributed by atoms with Gasteiger partial charge in [-0.2, -0.15) is 0 Å². The molecule has 2 aliphatic rings. The number of hydrogen-bond acceptors (Lipinski definition) is 6. The molecule has 1 saturated heterocycles. The van der Waals surface area contributed by atoms with Crippen molar-refractivity contribution in [1.29, 1.82) is 0 Å². The number of likely N-dealkylation sites (N-methyl/N-ethyl adjacent to an activating group) is 1. The van der Waals surface area contributed by atoms with Crippen LogP contribution < -0.4 is 9.64 Å². The predicted molar refractivity (Wildman–Crippen MR) is 134 cm³/mol. The lowest BCUT2D eigenvalue weighted by Crippen LogP contribution is -2.47. The van der Waals surface area contributed by atoms with E-state index in [-0.39, 0.29) is 18.4 Å². The molecule has 5 rings (SSSR count). The normalized spacial score (nSPS) is 16.0. The number of ether oxygens (including phenoxy) is 1. The Morgan fingerprint density at radius 3 is 2.31 bits per heavy atom. The van der Waals surface area contributed by atoms with Gasteiger partial charge in [-0.05, 0) is 11.6 Å². The molecule has 35 heavy (non-hydrogen) atoms. The second-order valence-electron chi connectivity index (χ2n) is 8.66. The predicted octanol–water partition coefficient (Wildman–Crippen LogP) is 3.00. The molecular formula is C27H27N5O3. The van der Waals surface area contributed by atoms with Crippen LogP contribution in [0, 0.1) is 0 Å². The first-order valence-corrected chi connectivity index (χ1v) is 11.6. The lowest BCUT2D eigenvalue weighted by molar-refractivity contribution is -0.127. The van der Waals surface area contributed by atoms with E-state index in [2.05, 4.69) is 23.6 Å². The zero-order chi connectivity index (χ0) is 24.4. The van der Waals surface area contributed by atoms with Gasteiger partial charge in [-0.15, -0.1) is 0 Å². The van der Waals surface area contributed by atoms with Crippen LogP contribution in [0.5, 0.6) is 5.88 Å². The summed E-state index contributed by atoms with van der Waals surface area (Å²) in [6.45, 7) is 7.43. The third-order valence-electron chi connectivity index (χ3n) is 6.41. The Morgan fingerprint density at radius 2 is 1.63 bits per heavy atom. The first-order valence-electron chi connectivity index (χ1n) is 11.6. The van der Waals surface area contributed by atoms with Gasteiger partial charge in [0.2, 0.25) is 5.91 Å². The number of carbonyl (C=O) groups excluding carboxylic acids is 2. The van der Waals surface area contributed by atoms with Crippen molar-refractivity contribution >= 4 is 17.6 Å². The Bertz CT molecular complexity index is 1250. The van der Waals surface area contributed by atoms with Gasteiger partial charge in [0.15, 0.2) is 12.4 Å². The number of carbonyl (C=O) groups is 2. The molecule has 0 bridgehead atoms. The quantitative estimate of drug-likeness (QED) is 0.535. The molecule has 3 aromatic rings. The van der Waals surface area contributed by atoms with Gasteiger partial charge in [-0.1, -0.05) is 61.2 Å². The molecule has 8 nitrogen and oxygen atoms in total. The molecule has 8 heteroatoms. The number of aromatic nitrogens is 2. The topological polar surface area (TPSA) is 78.9 Å². The highest BCUT2D eigenvalue weighted by molar-refractivity contribution is 5.96. The summed E-state index contributed by atoms with van der Waals surface area (Å²) >= 11 is 0. The van der Waals surface area contributed by atoms with Gasteiger partial charge in [0.25, 0.3) is 11.8 Å². The number of piperazine rings is 1. The maximum atomic E-state index is 12.1. The highest BCUT2D eigenvalue weighted by Crippen LogP contribution is 2.36. The number of hydrogen-bond donors (Lipinski definition) is 0. The highest BCUT2D eigenvalue weighted by Gasteiger charge is 2.28. The van der Waals surface area contributed by atoms with Crippen LogP contribution in [0.4, 0.5) is 5.82 Å². The smallest absolute Gasteiger partial charge is 0.266 e. The summed E-state index contributed by atoms with van der Waals surface area (Å²) in [4.78, 5) is 39.2. The van der Waals surface area contributed by atoms with Gasteiger partial charge in [0.05, 0.1) is 5.69 Å². The van der Waals surface area contributed by atoms with Gasteiger partial charge in [0, 0.05) is 50.9 Å². The summed E-state index contributed by atoms with van der Waals surface area (Å²) in [6.07, 6.45) is 1.38. The second kappa shape index (κ2) is 9.68. The third kappa shape index (κ3) is 4.65. The van der Waals surface area contributed by atoms with E-state index in [4.69, 9.17) is 14.7 Å². The number of benzene rings is 2. The fraction of sp³-hybridized carbons (Fsp3) is 0.259. The van der Waals surface area contributed by atoms with Crippen LogP contribution in [0.15, 0.2) is 67.3 Å². The fourth-order valence-electron chi connectivity index (χ4n) is 4.35. The van der Waals surface area contributed by atoms with Gasteiger partial charge < -0.3 is 9.64 Å². The second-order valence-corrected chi connectivity index (χ2v) is 8.66. The van der Waals surface area contributed by atoms with Gasteiger partial charge in [0.1, 0.15) is 5.69 Å². The molecule has 2 aliphatic heterocycles. The lowest BCUT2D eigenvalue weighted by atomic mass is 10.0. The molecule has 0 spiro atoms. The molecule has 0 unspecified atom stereocenters. The lowest BCUT2D eigenvalue weighted by Gasteiger charge is -2.34. The first-order chi connectivity index (χ1) is 17.0. The van der Waals surface area contributed by atoms with Crippen LogP contribution >= 0.6 is 0 Å². The van der Waals surface area contributed by atoms with E-state index in [1.165, 1.54) is 16.5 Å². The monoisotopic (exact) mass is 469 g/mol. The van der Waals surface area contributed by atoms with Gasteiger partial charge in [-0.3, -0.25) is 19.4 Å². The van der Waals surface area contributed by atoms with Crippen LogP contribution in [-0.2, 0) is 16.1 Å². The van der Waals surface area contributed by atoms with E-state index in [1.54, 1.807) is 7.05 Å². The van der Waals surface area contributed by atoms with Gasteiger partial charge >= 0.3 is 0 Å². The third-order valence-corrected chi connectivity index (χ3v) is 6.41. The van der Waals surface area contributed by atoms with Crippen molar-refractivity contribution in [2.75, 3.05) is 44.7 Å². The summed E-state index contributed by atoms with van der Waals surface area (Å²) in [5.41, 5.74) is 4.43. The number of amides is 2. The van der Waals surface area contributed by atoms with E-state index in [1.807, 2.05) is 47.4 Å². The van der Waals surface area contributed by atoms with Crippen molar-refractivity contribution in [1.82, 2.24) is 19.8 Å². The average molecular weight is 470 g/mol. The minimum Gasteiger partial charge on any atom is -0.465 e. The van der Waals surface area contributed by atoms with E-state index in [9.17, 15) is 9.59 Å². The first kappa shape index (κ1) is 22.7. The molecule has 178 valence electrons. The van der Waals surface area contributed by atoms with Crippen molar-refractivity contribution in [2.45, 2.75) is 6.54 Å². The zero-order valence-electron chi connectivity index (χ0n) is 19.7. The standard InChI is InChI=1S/C27H27N5O3/c1-3-22(33)32-15-13-31(14-16-32)17-19-9-11-21(12-10-19)25-24(20-7-5-4-6-8-20)28-26-27(29-25)35-18-23(34)30(26)2/h3-12H,1,13-18H2,2H3. The average Bonchev–Trinajstić information content (AvgIpc) is 2.91. The number of fused-ring (bicyclic) bond motifs is 1. The molecule has 0 saturated carbocycles. The molecule has 0 radical (unpaired) electrons. The van der Waals surface area contributed by atoms with Gasteiger partial charge in [-0.25, -0.2) is 9.97 Å². The largest absolute Gasteiger partial charge is 0.465 e.